The molecule has 0 fully saturated rings. The van der Waals surface area contributed by atoms with E-state index in [1.807, 2.05) is 24.3 Å². The molecule has 196 valence electrons. The molecule has 1 unspecified atom stereocenters. The first-order chi connectivity index (χ1) is 17.7. The monoisotopic (exact) mass is 542 g/mol. The third-order valence-electron chi connectivity index (χ3n) is 6.85. The van der Waals surface area contributed by atoms with Crippen LogP contribution in [-0.2, 0) is 14.8 Å². The maximum Gasteiger partial charge on any atom is 0.264 e. The number of anilines is 1. The van der Waals surface area contributed by atoms with Gasteiger partial charge in [-0.25, -0.2) is 8.42 Å². The normalized spacial score (nSPS) is 16.3. The number of carbonyl (C=O) groups is 1. The van der Waals surface area contributed by atoms with Gasteiger partial charge in [-0.1, -0.05) is 61.8 Å². The highest BCUT2D eigenvalue weighted by Crippen LogP contribution is 2.43. The van der Waals surface area contributed by atoms with Gasteiger partial charge in [-0.2, -0.15) is 0 Å². The van der Waals surface area contributed by atoms with Crippen LogP contribution in [0.4, 0.5) is 5.69 Å². The van der Waals surface area contributed by atoms with Crippen LogP contribution in [0.25, 0.3) is 0 Å². The number of hydrogen-bond acceptors (Lipinski definition) is 5. The fourth-order valence-corrected chi connectivity index (χ4v) is 6.29. The van der Waals surface area contributed by atoms with E-state index in [0.29, 0.717) is 11.4 Å². The van der Waals surface area contributed by atoms with E-state index in [9.17, 15) is 13.2 Å². The van der Waals surface area contributed by atoms with Gasteiger partial charge in [-0.3, -0.25) is 9.10 Å². The fourth-order valence-electron chi connectivity index (χ4n) is 4.68. The molecule has 1 N–H and O–H groups in total. The molecule has 0 bridgehead atoms. The van der Waals surface area contributed by atoms with Crippen LogP contribution < -0.4 is 19.1 Å². The largest absolute Gasteiger partial charge is 0.495 e. The molecule has 9 heteroatoms. The zero-order chi connectivity index (χ0) is 26.6. The third-order valence-corrected chi connectivity index (χ3v) is 8.86. The summed E-state index contributed by atoms with van der Waals surface area (Å²) in [5.41, 5.74) is 0.627. The summed E-state index contributed by atoms with van der Waals surface area (Å²) in [4.78, 5) is 13.6. The van der Waals surface area contributed by atoms with Crippen molar-refractivity contribution in [3.63, 3.8) is 0 Å². The Bertz CT molecular complexity index is 1360. The number of hydrogen-bond donors (Lipinski definition) is 1. The lowest BCUT2D eigenvalue weighted by molar-refractivity contribution is -0.121. The summed E-state index contributed by atoms with van der Waals surface area (Å²) in [6.07, 6.45) is 2.13. The highest BCUT2D eigenvalue weighted by atomic mass is 35.5. The summed E-state index contributed by atoms with van der Waals surface area (Å²) in [7, 11) is -2.68. The van der Waals surface area contributed by atoms with Crippen LogP contribution in [0, 0.1) is 0 Å². The number of nitrogens with zero attached hydrogens (tertiary/aromatic N) is 1. The van der Waals surface area contributed by atoms with Crippen LogP contribution in [0.2, 0.25) is 5.02 Å². The predicted molar refractivity (Wildman–Crippen MR) is 145 cm³/mol. The summed E-state index contributed by atoms with van der Waals surface area (Å²) in [5, 5.41) is 3.39. The predicted octanol–water partition coefficient (Wildman–Crippen LogP) is 5.74. The smallest absolute Gasteiger partial charge is 0.264 e. The molecule has 0 saturated heterocycles. The molecular weight excluding hydrogens is 512 g/mol. The van der Waals surface area contributed by atoms with Gasteiger partial charge in [0.1, 0.15) is 23.6 Å². The first kappa shape index (κ1) is 26.8. The van der Waals surface area contributed by atoms with Gasteiger partial charge in [-0.05, 0) is 49.2 Å². The maximum absolute atomic E-state index is 13.8. The Kier molecular flexibility index (Phi) is 7.99. The number of fused-ring (bicyclic) bond motifs is 1. The number of sulfonamides is 1. The average molecular weight is 543 g/mol. The molecule has 1 aliphatic heterocycles. The molecular formula is C28H31ClN2O5S. The number of methoxy groups -OCH3 is 1. The van der Waals surface area contributed by atoms with Crippen LogP contribution in [0.5, 0.6) is 11.5 Å². The van der Waals surface area contributed by atoms with Crippen molar-refractivity contribution in [2.75, 3.05) is 18.0 Å². The Morgan fingerprint density at radius 2 is 1.76 bits per heavy atom. The van der Waals surface area contributed by atoms with Crippen molar-refractivity contribution in [3.8, 4) is 11.5 Å². The van der Waals surface area contributed by atoms with Gasteiger partial charge in [0, 0.05) is 17.0 Å². The van der Waals surface area contributed by atoms with E-state index >= 15 is 0 Å². The number of benzene rings is 3. The zero-order valence-corrected chi connectivity index (χ0v) is 22.7. The molecule has 1 aliphatic rings. The van der Waals surface area contributed by atoms with Gasteiger partial charge in [-0.15, -0.1) is 0 Å². The van der Waals surface area contributed by atoms with Crippen molar-refractivity contribution in [1.82, 2.24) is 5.32 Å². The number of rotatable bonds is 9. The lowest BCUT2D eigenvalue weighted by Crippen LogP contribution is -2.47. The molecule has 3 aromatic rings. The van der Waals surface area contributed by atoms with E-state index in [0.717, 1.165) is 28.5 Å². The van der Waals surface area contributed by atoms with Gasteiger partial charge in [0.15, 0.2) is 0 Å². The Morgan fingerprint density at radius 1 is 1.08 bits per heavy atom. The van der Waals surface area contributed by atoms with Crippen LogP contribution in [0.1, 0.15) is 44.7 Å². The number of para-hydroxylation sites is 1. The fraction of sp³-hybridized carbons (Fsp3) is 0.321. The Labute approximate surface area is 223 Å². The van der Waals surface area contributed by atoms with E-state index in [-0.39, 0.29) is 22.4 Å². The van der Waals surface area contributed by atoms with Crippen molar-refractivity contribution >= 4 is 33.2 Å². The molecule has 0 saturated carbocycles. The summed E-state index contributed by atoms with van der Waals surface area (Å²) in [5.74, 6) is 0.557. The number of halogens is 1. The standard InChI is InChI=1S/C28H31ClN2O5S/c1-4-28(5-2)18-23(22-13-9-10-14-25(22)36-28)30-27(32)19-31(24-17-20(29)15-16-26(24)35-3)37(33,34)21-11-7-6-8-12-21/h6-17,23H,4-5,18-19H2,1-3H3,(H,30,32). The van der Waals surface area contributed by atoms with Crippen molar-refractivity contribution in [2.45, 2.75) is 49.6 Å². The lowest BCUT2D eigenvalue weighted by Gasteiger charge is -2.41. The van der Waals surface area contributed by atoms with Crippen molar-refractivity contribution in [3.05, 3.63) is 83.4 Å². The molecule has 7 nitrogen and oxygen atoms in total. The highest BCUT2D eigenvalue weighted by Gasteiger charge is 2.39. The van der Waals surface area contributed by atoms with Gasteiger partial charge in [0.05, 0.1) is 23.7 Å². The van der Waals surface area contributed by atoms with Crippen LogP contribution in [-0.4, -0.2) is 33.6 Å². The topological polar surface area (TPSA) is 84.9 Å². The second-order valence-corrected chi connectivity index (χ2v) is 11.3. The summed E-state index contributed by atoms with van der Waals surface area (Å²) in [6.45, 7) is 3.67. The van der Waals surface area contributed by atoms with E-state index < -0.39 is 28.1 Å². The second kappa shape index (κ2) is 11.0. The molecule has 0 radical (unpaired) electrons. The van der Waals surface area contributed by atoms with E-state index in [2.05, 4.69) is 19.2 Å². The quantitative estimate of drug-likeness (QED) is 0.372. The number of nitrogens with one attached hydrogen (secondary N) is 1. The van der Waals surface area contributed by atoms with Gasteiger partial charge in [0.2, 0.25) is 5.91 Å². The van der Waals surface area contributed by atoms with Gasteiger partial charge < -0.3 is 14.8 Å². The molecule has 1 amide bonds. The number of ether oxygens (including phenoxy) is 2. The highest BCUT2D eigenvalue weighted by molar-refractivity contribution is 7.92. The molecule has 0 spiro atoms. The molecule has 1 atom stereocenters. The minimum Gasteiger partial charge on any atom is -0.495 e. The van der Waals surface area contributed by atoms with Gasteiger partial charge >= 0.3 is 0 Å². The Hall–Kier alpha value is -3.23. The minimum absolute atomic E-state index is 0.0530. The van der Waals surface area contributed by atoms with Crippen molar-refractivity contribution < 1.29 is 22.7 Å². The van der Waals surface area contributed by atoms with Crippen LogP contribution in [0.15, 0.2) is 77.7 Å². The van der Waals surface area contributed by atoms with E-state index in [1.54, 1.807) is 30.3 Å². The van der Waals surface area contributed by atoms with Gasteiger partial charge in [0.25, 0.3) is 10.0 Å². The summed E-state index contributed by atoms with van der Waals surface area (Å²) < 4.78 is 40.3. The maximum atomic E-state index is 13.8. The molecule has 37 heavy (non-hydrogen) atoms. The summed E-state index contributed by atoms with van der Waals surface area (Å²) in [6, 6.07) is 19.9. The summed E-state index contributed by atoms with van der Waals surface area (Å²) >= 11 is 6.23. The van der Waals surface area contributed by atoms with Crippen LogP contribution >= 0.6 is 11.6 Å². The Morgan fingerprint density at radius 3 is 2.43 bits per heavy atom. The molecule has 3 aromatic carbocycles. The second-order valence-electron chi connectivity index (χ2n) is 9.00. The van der Waals surface area contributed by atoms with E-state index in [4.69, 9.17) is 21.1 Å². The number of amides is 1. The van der Waals surface area contributed by atoms with Crippen molar-refractivity contribution in [1.29, 1.82) is 0 Å². The Balaban J connectivity index is 1.70. The minimum atomic E-state index is -4.12. The van der Waals surface area contributed by atoms with Crippen molar-refractivity contribution in [2.24, 2.45) is 0 Å². The van der Waals surface area contributed by atoms with Crippen LogP contribution in [0.3, 0.4) is 0 Å². The van der Waals surface area contributed by atoms with E-state index in [1.165, 1.54) is 25.3 Å². The molecule has 1 heterocycles. The first-order valence-corrected chi connectivity index (χ1v) is 14.0. The number of carbonyl (C=O) groups excluding carboxylic acids is 1. The zero-order valence-electron chi connectivity index (χ0n) is 21.1. The third kappa shape index (κ3) is 5.55. The lowest BCUT2D eigenvalue weighted by atomic mass is 9.83. The first-order valence-electron chi connectivity index (χ1n) is 12.2. The molecule has 0 aliphatic carbocycles. The SMILES string of the molecule is CCC1(CC)CC(NC(=O)CN(c2cc(Cl)ccc2OC)S(=O)(=O)c2ccccc2)c2ccccc2O1. The average Bonchev–Trinajstić information content (AvgIpc) is 2.92. The molecule has 0 aromatic heterocycles. The molecule has 4 rings (SSSR count).